The molecule has 0 spiro atoms. The fourth-order valence-electron chi connectivity index (χ4n) is 3.40. The molecular weight excluding hydrogens is 406 g/mol. The molecule has 7 heteroatoms. The fourth-order valence-corrected chi connectivity index (χ4v) is 3.84. The molecule has 0 heterocycles. The highest BCUT2D eigenvalue weighted by Crippen LogP contribution is 2.22. The summed E-state index contributed by atoms with van der Waals surface area (Å²) in [5, 5.41) is 9.21. The van der Waals surface area contributed by atoms with Crippen LogP contribution in [0.25, 0.3) is 0 Å². The zero-order valence-corrected chi connectivity index (χ0v) is 17.6. The first-order chi connectivity index (χ1) is 14.0. The molecule has 2 aromatic carbocycles. The Hall–Kier alpha value is -2.44. The highest BCUT2D eigenvalue weighted by molar-refractivity contribution is 7.80. The smallest absolute Gasteiger partial charge is 0.253 e. The normalized spacial score (nSPS) is 14.1. The molecule has 152 valence electrons. The predicted octanol–water partition coefficient (Wildman–Crippen LogP) is 4.46. The Labute approximate surface area is 181 Å². The largest absolute Gasteiger partial charge is 0.349 e. The topological polar surface area (TPSA) is 70.2 Å². The van der Waals surface area contributed by atoms with Crippen molar-refractivity contribution in [3.63, 3.8) is 0 Å². The Morgan fingerprint density at radius 2 is 1.76 bits per heavy atom. The molecule has 0 aliphatic heterocycles. The molecule has 5 nitrogen and oxygen atoms in total. The summed E-state index contributed by atoms with van der Waals surface area (Å²) < 4.78 is 0. The number of halogens is 1. The second kappa shape index (κ2) is 10.4. The molecule has 1 aliphatic rings. The first-order valence-electron chi connectivity index (χ1n) is 9.76. The predicted molar refractivity (Wildman–Crippen MR) is 120 cm³/mol. The van der Waals surface area contributed by atoms with E-state index in [1.807, 2.05) is 30.3 Å². The number of amides is 2. The lowest BCUT2D eigenvalue weighted by molar-refractivity contribution is -0.119. The third-order valence-electron chi connectivity index (χ3n) is 4.87. The second-order valence-electron chi connectivity index (χ2n) is 7.17. The van der Waals surface area contributed by atoms with Crippen molar-refractivity contribution in [2.75, 3.05) is 5.32 Å². The lowest BCUT2D eigenvalue weighted by atomic mass is 9.95. The van der Waals surface area contributed by atoms with Crippen molar-refractivity contribution < 1.29 is 9.59 Å². The summed E-state index contributed by atoms with van der Waals surface area (Å²) in [7, 11) is 0. The molecule has 3 N–H and O–H groups in total. The maximum atomic E-state index is 12.6. The van der Waals surface area contributed by atoms with Gasteiger partial charge in [0.15, 0.2) is 5.11 Å². The summed E-state index contributed by atoms with van der Waals surface area (Å²) in [5.74, 6) is -0.400. The molecule has 1 aliphatic carbocycles. The van der Waals surface area contributed by atoms with Crippen molar-refractivity contribution >= 4 is 46.4 Å². The summed E-state index contributed by atoms with van der Waals surface area (Å²) in [4.78, 5) is 24.8. The van der Waals surface area contributed by atoms with E-state index in [1.165, 1.54) is 6.42 Å². The molecule has 0 aromatic heterocycles. The van der Waals surface area contributed by atoms with Crippen LogP contribution in [0.4, 0.5) is 5.69 Å². The van der Waals surface area contributed by atoms with E-state index in [4.69, 9.17) is 23.8 Å². The minimum absolute atomic E-state index is 0.173. The van der Waals surface area contributed by atoms with E-state index in [0.29, 0.717) is 16.3 Å². The summed E-state index contributed by atoms with van der Waals surface area (Å²) >= 11 is 11.5. The zero-order chi connectivity index (χ0) is 20.6. The first-order valence-corrected chi connectivity index (χ1v) is 10.5. The SMILES string of the molecule is O=C(Cc1ccccc1)NC(=S)Nc1ccc(Cl)c(C(=O)NC2CCCCC2)c1. The van der Waals surface area contributed by atoms with E-state index in [0.717, 1.165) is 31.2 Å². The van der Waals surface area contributed by atoms with Crippen LogP contribution in [-0.2, 0) is 11.2 Å². The third kappa shape index (κ3) is 6.54. The molecule has 0 unspecified atom stereocenters. The van der Waals surface area contributed by atoms with Gasteiger partial charge in [-0.3, -0.25) is 9.59 Å². The minimum Gasteiger partial charge on any atom is -0.349 e. The van der Waals surface area contributed by atoms with Gasteiger partial charge in [0.05, 0.1) is 17.0 Å². The Bertz CT molecular complexity index is 883. The van der Waals surface area contributed by atoms with E-state index >= 15 is 0 Å². The van der Waals surface area contributed by atoms with Crippen LogP contribution in [0.3, 0.4) is 0 Å². The van der Waals surface area contributed by atoms with Crippen molar-refractivity contribution in [3.05, 3.63) is 64.7 Å². The first kappa shape index (κ1) is 21.3. The number of hydrogen-bond acceptors (Lipinski definition) is 3. The minimum atomic E-state index is -0.210. The molecule has 2 aromatic rings. The average Bonchev–Trinajstić information content (AvgIpc) is 2.70. The van der Waals surface area contributed by atoms with Crippen molar-refractivity contribution in [3.8, 4) is 0 Å². The highest BCUT2D eigenvalue weighted by Gasteiger charge is 2.19. The summed E-state index contributed by atoms with van der Waals surface area (Å²) in [6.07, 6.45) is 5.73. The molecule has 0 bridgehead atoms. The van der Waals surface area contributed by atoms with Gasteiger partial charge in [-0.1, -0.05) is 61.2 Å². The van der Waals surface area contributed by atoms with Gasteiger partial charge in [-0.2, -0.15) is 0 Å². The molecule has 0 radical (unpaired) electrons. The van der Waals surface area contributed by atoms with E-state index in [2.05, 4.69) is 16.0 Å². The number of carbonyl (C=O) groups excluding carboxylic acids is 2. The highest BCUT2D eigenvalue weighted by atomic mass is 35.5. The summed E-state index contributed by atoms with van der Waals surface area (Å²) in [6, 6.07) is 14.6. The van der Waals surface area contributed by atoms with E-state index in [-0.39, 0.29) is 29.4 Å². The van der Waals surface area contributed by atoms with Crippen LogP contribution in [0.5, 0.6) is 0 Å². The lowest BCUT2D eigenvalue weighted by Crippen LogP contribution is -2.36. The molecule has 2 amide bonds. The van der Waals surface area contributed by atoms with Crippen molar-refractivity contribution in [2.45, 2.75) is 44.6 Å². The van der Waals surface area contributed by atoms with Crippen LogP contribution in [0.1, 0.15) is 48.0 Å². The number of rotatable bonds is 5. The van der Waals surface area contributed by atoms with Crippen LogP contribution < -0.4 is 16.0 Å². The number of benzene rings is 2. The Balaban J connectivity index is 1.57. The van der Waals surface area contributed by atoms with E-state index in [1.54, 1.807) is 18.2 Å². The van der Waals surface area contributed by atoms with Gasteiger partial charge in [0.25, 0.3) is 5.91 Å². The fraction of sp³-hybridized carbons (Fsp3) is 0.318. The Morgan fingerprint density at radius 3 is 2.48 bits per heavy atom. The van der Waals surface area contributed by atoms with Crippen LogP contribution in [0.2, 0.25) is 5.02 Å². The molecule has 0 saturated heterocycles. The van der Waals surface area contributed by atoms with Crippen molar-refractivity contribution in [1.82, 2.24) is 10.6 Å². The molecule has 1 fully saturated rings. The van der Waals surface area contributed by atoms with Gasteiger partial charge in [0, 0.05) is 11.7 Å². The number of hydrogen-bond donors (Lipinski definition) is 3. The van der Waals surface area contributed by atoms with Crippen molar-refractivity contribution in [2.24, 2.45) is 0 Å². The standard InChI is InChI=1S/C22H24ClN3O2S/c23-19-12-11-17(14-18(19)21(28)24-16-9-5-2-6-10-16)25-22(29)26-20(27)13-15-7-3-1-4-8-15/h1,3-4,7-8,11-12,14,16H,2,5-6,9-10,13H2,(H,24,28)(H2,25,26,27,29). The number of thiocarbonyl (C=S) groups is 1. The Kier molecular flexibility index (Phi) is 7.61. The van der Waals surface area contributed by atoms with Crippen molar-refractivity contribution in [1.29, 1.82) is 0 Å². The van der Waals surface area contributed by atoms with Gasteiger partial charge < -0.3 is 16.0 Å². The maximum Gasteiger partial charge on any atom is 0.253 e. The summed E-state index contributed by atoms with van der Waals surface area (Å²) in [6.45, 7) is 0. The van der Waals surface area contributed by atoms with Crippen LogP contribution in [0, 0.1) is 0 Å². The second-order valence-corrected chi connectivity index (χ2v) is 7.98. The molecule has 1 saturated carbocycles. The third-order valence-corrected chi connectivity index (χ3v) is 5.40. The molecule has 29 heavy (non-hydrogen) atoms. The van der Waals surface area contributed by atoms with Gasteiger partial charge in [-0.15, -0.1) is 0 Å². The van der Waals surface area contributed by atoms with Gasteiger partial charge in [0.2, 0.25) is 5.91 Å². The lowest BCUT2D eigenvalue weighted by Gasteiger charge is -2.23. The Morgan fingerprint density at radius 1 is 1.03 bits per heavy atom. The zero-order valence-electron chi connectivity index (χ0n) is 16.0. The van der Waals surface area contributed by atoms with Crippen LogP contribution in [0.15, 0.2) is 48.5 Å². The van der Waals surface area contributed by atoms with Crippen LogP contribution >= 0.6 is 23.8 Å². The number of anilines is 1. The van der Waals surface area contributed by atoms with Crippen LogP contribution in [-0.4, -0.2) is 23.0 Å². The van der Waals surface area contributed by atoms with Gasteiger partial charge in [-0.25, -0.2) is 0 Å². The molecule has 3 rings (SSSR count). The average molecular weight is 430 g/mol. The van der Waals surface area contributed by atoms with Gasteiger partial charge in [-0.05, 0) is 48.8 Å². The van der Waals surface area contributed by atoms with Gasteiger partial charge in [0.1, 0.15) is 0 Å². The monoisotopic (exact) mass is 429 g/mol. The summed E-state index contributed by atoms with van der Waals surface area (Å²) in [5.41, 5.74) is 1.88. The molecular formula is C22H24ClN3O2S. The van der Waals surface area contributed by atoms with Gasteiger partial charge >= 0.3 is 0 Å². The molecule has 0 atom stereocenters. The van der Waals surface area contributed by atoms with E-state index in [9.17, 15) is 9.59 Å². The maximum absolute atomic E-state index is 12.6. The van der Waals surface area contributed by atoms with E-state index < -0.39 is 0 Å². The quantitative estimate of drug-likeness (QED) is 0.614. The number of nitrogens with one attached hydrogen (secondary N) is 3. The number of carbonyl (C=O) groups is 2.